The molecule has 1 saturated carbocycles. The number of nitrogen functional groups attached to an aromatic ring is 1. The second kappa shape index (κ2) is 6.30. The van der Waals surface area contributed by atoms with E-state index in [1.807, 2.05) is 16.9 Å². The van der Waals surface area contributed by atoms with Crippen LogP contribution in [0.25, 0.3) is 22.6 Å². The molecule has 0 saturated heterocycles. The van der Waals surface area contributed by atoms with Crippen LogP contribution in [0.2, 0.25) is 0 Å². The molecule has 8 heteroatoms. The van der Waals surface area contributed by atoms with Crippen LogP contribution in [0, 0.1) is 0 Å². The highest BCUT2D eigenvalue weighted by atomic mass is 16.5. The van der Waals surface area contributed by atoms with Crippen molar-refractivity contribution in [1.29, 1.82) is 0 Å². The summed E-state index contributed by atoms with van der Waals surface area (Å²) in [5.74, 6) is -0.0850. The lowest BCUT2D eigenvalue weighted by molar-refractivity contribution is 0.0602. The van der Waals surface area contributed by atoms with Crippen molar-refractivity contribution in [2.75, 3.05) is 12.8 Å². The molecule has 1 aliphatic carbocycles. The van der Waals surface area contributed by atoms with Crippen LogP contribution in [-0.4, -0.2) is 37.9 Å². The average Bonchev–Trinajstić information content (AvgIpc) is 3.23. The zero-order chi connectivity index (χ0) is 18.3. The van der Waals surface area contributed by atoms with Gasteiger partial charge >= 0.3 is 5.97 Å². The number of aromatic amines is 1. The number of nitrogens with two attached hydrogens (primary N) is 1. The van der Waals surface area contributed by atoms with Gasteiger partial charge in [0.2, 0.25) is 0 Å². The molecule has 3 aromatic rings. The van der Waals surface area contributed by atoms with Gasteiger partial charge in [0.05, 0.1) is 24.4 Å². The van der Waals surface area contributed by atoms with Gasteiger partial charge in [-0.15, -0.1) is 0 Å². The Hall–Kier alpha value is -3.13. The maximum Gasteiger partial charge on any atom is 0.339 e. The number of methoxy groups -OCH3 is 1. The Bertz CT molecular complexity index is 971. The highest BCUT2D eigenvalue weighted by molar-refractivity contribution is 5.97. The lowest BCUT2D eigenvalue weighted by Gasteiger charge is -2.07. The number of nitrogens with one attached hydrogen (secondary N) is 1. The van der Waals surface area contributed by atoms with Crippen molar-refractivity contribution < 1.29 is 14.6 Å². The number of H-pyrrole nitrogens is 1. The Kier molecular flexibility index (Phi) is 3.96. The fourth-order valence-corrected chi connectivity index (χ4v) is 2.90. The van der Waals surface area contributed by atoms with E-state index in [2.05, 4.69) is 15.1 Å². The molecule has 134 valence electrons. The van der Waals surface area contributed by atoms with Gasteiger partial charge in [0.1, 0.15) is 23.8 Å². The number of esters is 1. The molecule has 1 aromatic carbocycles. The van der Waals surface area contributed by atoms with Crippen LogP contribution in [-0.2, 0) is 11.3 Å². The number of aromatic nitrogens is 4. The summed E-state index contributed by atoms with van der Waals surface area (Å²) in [5, 5.41) is 14.1. The van der Waals surface area contributed by atoms with Crippen LogP contribution in [0.15, 0.2) is 30.5 Å². The number of imidazole rings is 1. The lowest BCUT2D eigenvalue weighted by atomic mass is 10.0. The molecule has 0 unspecified atom stereocenters. The van der Waals surface area contributed by atoms with E-state index in [1.165, 1.54) is 7.11 Å². The normalized spacial score (nSPS) is 13.8. The first-order chi connectivity index (χ1) is 12.6. The molecule has 26 heavy (non-hydrogen) atoms. The molecule has 8 nitrogen and oxygen atoms in total. The molecule has 0 spiro atoms. The summed E-state index contributed by atoms with van der Waals surface area (Å²) in [6.07, 6.45) is 4.21. The SMILES string of the molecule is COC(=O)c1cc(-c2[nH]c(CO)nc2-c2ccn(C3CC3)n2)ccc1N. The molecular weight excluding hydrogens is 334 g/mol. The number of aliphatic hydroxyl groups is 1. The van der Waals surface area contributed by atoms with Crippen molar-refractivity contribution in [2.45, 2.75) is 25.5 Å². The van der Waals surface area contributed by atoms with E-state index in [0.717, 1.165) is 12.8 Å². The summed E-state index contributed by atoms with van der Waals surface area (Å²) in [6.45, 7) is -0.227. The van der Waals surface area contributed by atoms with E-state index in [4.69, 9.17) is 10.5 Å². The first-order valence-corrected chi connectivity index (χ1v) is 8.34. The van der Waals surface area contributed by atoms with Crippen molar-refractivity contribution in [2.24, 2.45) is 0 Å². The molecular formula is C18H19N5O3. The van der Waals surface area contributed by atoms with Crippen molar-refractivity contribution in [3.05, 3.63) is 41.9 Å². The molecule has 4 N–H and O–H groups in total. The van der Waals surface area contributed by atoms with E-state index >= 15 is 0 Å². The first-order valence-electron chi connectivity index (χ1n) is 8.34. The number of anilines is 1. The monoisotopic (exact) mass is 353 g/mol. The van der Waals surface area contributed by atoms with E-state index in [-0.39, 0.29) is 12.2 Å². The van der Waals surface area contributed by atoms with Gasteiger partial charge in [0, 0.05) is 17.4 Å². The molecule has 0 atom stereocenters. The Labute approximate surface area is 149 Å². The van der Waals surface area contributed by atoms with Crippen molar-refractivity contribution in [1.82, 2.24) is 19.7 Å². The highest BCUT2D eigenvalue weighted by Crippen LogP contribution is 2.36. The molecule has 0 bridgehead atoms. The Morgan fingerprint density at radius 2 is 2.23 bits per heavy atom. The zero-order valence-corrected chi connectivity index (χ0v) is 14.3. The van der Waals surface area contributed by atoms with Crippen LogP contribution >= 0.6 is 0 Å². The number of carbonyl (C=O) groups excluding carboxylic acids is 1. The molecule has 0 amide bonds. The molecule has 2 heterocycles. The topological polar surface area (TPSA) is 119 Å². The van der Waals surface area contributed by atoms with E-state index in [9.17, 15) is 9.90 Å². The largest absolute Gasteiger partial charge is 0.465 e. The Morgan fingerprint density at radius 1 is 1.42 bits per heavy atom. The Balaban J connectivity index is 1.81. The van der Waals surface area contributed by atoms with Crippen molar-refractivity contribution in [3.63, 3.8) is 0 Å². The van der Waals surface area contributed by atoms with Gasteiger partial charge in [-0.1, -0.05) is 6.07 Å². The van der Waals surface area contributed by atoms with Gasteiger partial charge in [-0.3, -0.25) is 4.68 Å². The fourth-order valence-electron chi connectivity index (χ4n) is 2.90. The number of rotatable bonds is 5. The third-order valence-electron chi connectivity index (χ3n) is 4.42. The third kappa shape index (κ3) is 2.84. The quantitative estimate of drug-likeness (QED) is 0.477. The van der Waals surface area contributed by atoms with Gasteiger partial charge in [-0.05, 0) is 31.0 Å². The van der Waals surface area contributed by atoms with E-state index in [1.54, 1.807) is 18.2 Å². The number of benzene rings is 1. The van der Waals surface area contributed by atoms with Crippen LogP contribution in [0.5, 0.6) is 0 Å². The molecule has 1 aliphatic rings. The molecule has 0 aliphatic heterocycles. The van der Waals surface area contributed by atoms with Crippen molar-refractivity contribution >= 4 is 11.7 Å². The number of carbonyl (C=O) groups is 1. The van der Waals surface area contributed by atoms with Gasteiger partial charge < -0.3 is 20.6 Å². The minimum Gasteiger partial charge on any atom is -0.465 e. The maximum atomic E-state index is 11.9. The summed E-state index contributed by atoms with van der Waals surface area (Å²) in [7, 11) is 1.31. The van der Waals surface area contributed by atoms with Crippen LogP contribution in [0.3, 0.4) is 0 Å². The summed E-state index contributed by atoms with van der Waals surface area (Å²) in [4.78, 5) is 19.5. The summed E-state index contributed by atoms with van der Waals surface area (Å²) < 4.78 is 6.73. The van der Waals surface area contributed by atoms with Gasteiger partial charge in [-0.2, -0.15) is 5.10 Å². The number of aliphatic hydroxyl groups excluding tert-OH is 1. The minimum absolute atomic E-state index is 0.227. The van der Waals surface area contributed by atoms with Crippen LogP contribution in [0.1, 0.15) is 35.1 Å². The standard InChI is InChI=1S/C18H19N5O3/c1-26-18(25)12-8-10(2-5-13(12)19)16-17(21-15(9-24)20-16)14-6-7-23(22-14)11-3-4-11/h2,5-8,11,24H,3-4,9,19H2,1H3,(H,20,21). The highest BCUT2D eigenvalue weighted by Gasteiger charge is 2.25. The number of ether oxygens (including phenoxy) is 1. The maximum absolute atomic E-state index is 11.9. The van der Waals surface area contributed by atoms with E-state index in [0.29, 0.717) is 40.2 Å². The summed E-state index contributed by atoms with van der Waals surface area (Å²) >= 11 is 0. The third-order valence-corrected chi connectivity index (χ3v) is 4.42. The first kappa shape index (κ1) is 16.3. The average molecular weight is 353 g/mol. The van der Waals surface area contributed by atoms with Crippen LogP contribution < -0.4 is 5.73 Å². The zero-order valence-electron chi connectivity index (χ0n) is 14.3. The predicted molar refractivity (Wildman–Crippen MR) is 95.2 cm³/mol. The fraction of sp³-hybridized carbons (Fsp3) is 0.278. The number of hydrogen-bond donors (Lipinski definition) is 3. The predicted octanol–water partition coefficient (Wildman–Crippen LogP) is 2.14. The second-order valence-corrected chi connectivity index (χ2v) is 6.27. The van der Waals surface area contributed by atoms with Gasteiger partial charge in [0.15, 0.2) is 0 Å². The lowest BCUT2D eigenvalue weighted by Crippen LogP contribution is -2.05. The Morgan fingerprint density at radius 3 is 2.92 bits per heavy atom. The minimum atomic E-state index is -0.509. The second-order valence-electron chi connectivity index (χ2n) is 6.27. The summed E-state index contributed by atoms with van der Waals surface area (Å²) in [6, 6.07) is 7.45. The molecule has 1 fully saturated rings. The van der Waals surface area contributed by atoms with Gasteiger partial charge in [0.25, 0.3) is 0 Å². The van der Waals surface area contributed by atoms with E-state index < -0.39 is 5.97 Å². The van der Waals surface area contributed by atoms with Crippen molar-refractivity contribution in [3.8, 4) is 22.6 Å². The number of hydrogen-bond acceptors (Lipinski definition) is 6. The van der Waals surface area contributed by atoms with Crippen LogP contribution in [0.4, 0.5) is 5.69 Å². The summed E-state index contributed by atoms with van der Waals surface area (Å²) in [5.41, 5.74) is 9.20. The number of nitrogens with zero attached hydrogens (tertiary/aromatic N) is 3. The smallest absolute Gasteiger partial charge is 0.339 e. The molecule has 0 radical (unpaired) electrons. The molecule has 4 rings (SSSR count). The molecule has 2 aromatic heterocycles. The van der Waals surface area contributed by atoms with Gasteiger partial charge in [-0.25, -0.2) is 9.78 Å².